The lowest BCUT2D eigenvalue weighted by Crippen LogP contribution is -2.15. The van der Waals surface area contributed by atoms with E-state index in [2.05, 4.69) is 31.3 Å². The van der Waals surface area contributed by atoms with Gasteiger partial charge in [-0.3, -0.25) is 4.79 Å². The van der Waals surface area contributed by atoms with Gasteiger partial charge in [0.25, 0.3) is 5.91 Å². The van der Waals surface area contributed by atoms with Crippen LogP contribution < -0.4 is 5.32 Å². The van der Waals surface area contributed by atoms with Gasteiger partial charge in [-0.15, -0.1) is 0 Å². The van der Waals surface area contributed by atoms with E-state index in [-0.39, 0.29) is 17.0 Å². The van der Waals surface area contributed by atoms with Crippen molar-refractivity contribution in [2.75, 3.05) is 5.32 Å². The molecule has 31 heavy (non-hydrogen) atoms. The highest BCUT2D eigenvalue weighted by Gasteiger charge is 2.35. The molecule has 2 aromatic heterocycles. The molecule has 1 N–H and O–H groups in total. The third kappa shape index (κ3) is 4.32. The van der Waals surface area contributed by atoms with Crippen molar-refractivity contribution >= 4 is 33.2 Å². The summed E-state index contributed by atoms with van der Waals surface area (Å²) in [4.78, 5) is 16.9. The smallest absolute Gasteiger partial charge is 0.321 e. The number of aromatic nitrogens is 3. The lowest BCUT2D eigenvalue weighted by atomic mass is 10.1. The van der Waals surface area contributed by atoms with Gasteiger partial charge in [0.05, 0.1) is 5.69 Å². The molecule has 5 nitrogen and oxygen atoms in total. The van der Waals surface area contributed by atoms with Crippen LogP contribution in [-0.4, -0.2) is 20.5 Å². The number of alkyl halides is 3. The molecular weight excluding hydrogens is 473 g/mol. The van der Waals surface area contributed by atoms with Gasteiger partial charge in [-0.05, 0) is 55.3 Å². The second-order valence-electron chi connectivity index (χ2n) is 7.08. The number of carbonyl (C=O) groups is 1. The Morgan fingerprint density at radius 3 is 2.35 bits per heavy atom. The van der Waals surface area contributed by atoms with Crippen LogP contribution in [0.2, 0.25) is 0 Å². The maximum atomic E-state index is 13.7. The summed E-state index contributed by atoms with van der Waals surface area (Å²) in [6.45, 7) is 3.84. The number of nitrogens with zero attached hydrogens (tertiary/aromatic N) is 3. The van der Waals surface area contributed by atoms with E-state index in [1.54, 1.807) is 36.4 Å². The van der Waals surface area contributed by atoms with E-state index in [1.165, 1.54) is 6.07 Å². The average molecular weight is 489 g/mol. The largest absolute Gasteiger partial charge is 0.433 e. The molecule has 0 bridgehead atoms. The molecule has 158 valence electrons. The molecule has 0 aliphatic heterocycles. The Bertz CT molecular complexity index is 1300. The van der Waals surface area contributed by atoms with Gasteiger partial charge in [0.2, 0.25) is 0 Å². The van der Waals surface area contributed by atoms with Gasteiger partial charge in [-0.2, -0.15) is 18.3 Å². The summed E-state index contributed by atoms with van der Waals surface area (Å²) in [5.41, 5.74) is 1.97. The summed E-state index contributed by atoms with van der Waals surface area (Å²) >= 11 is 3.30. The summed E-state index contributed by atoms with van der Waals surface area (Å²) in [6, 6.07) is 14.3. The molecule has 0 aliphatic rings. The fraction of sp³-hybridized carbons (Fsp3) is 0.136. The maximum Gasteiger partial charge on any atom is 0.433 e. The number of fused-ring (bicyclic) bond motifs is 1. The van der Waals surface area contributed by atoms with Crippen molar-refractivity contribution in [3.05, 3.63) is 81.6 Å². The van der Waals surface area contributed by atoms with Gasteiger partial charge in [-0.25, -0.2) is 9.50 Å². The number of aryl methyl sites for hydroxylation is 2. The molecule has 0 saturated carbocycles. The molecule has 2 aromatic carbocycles. The highest BCUT2D eigenvalue weighted by molar-refractivity contribution is 9.10. The summed E-state index contributed by atoms with van der Waals surface area (Å²) < 4.78 is 42.6. The van der Waals surface area contributed by atoms with Crippen LogP contribution >= 0.6 is 15.9 Å². The normalized spacial score (nSPS) is 11.7. The Morgan fingerprint density at radius 1 is 1.00 bits per heavy atom. The van der Waals surface area contributed by atoms with Crippen LogP contribution in [0.15, 0.2) is 59.1 Å². The molecule has 4 aromatic rings. The minimum Gasteiger partial charge on any atom is -0.321 e. The van der Waals surface area contributed by atoms with E-state index >= 15 is 0 Å². The zero-order valence-corrected chi connectivity index (χ0v) is 18.0. The van der Waals surface area contributed by atoms with E-state index in [0.717, 1.165) is 21.7 Å². The number of anilines is 1. The van der Waals surface area contributed by atoms with Crippen molar-refractivity contribution in [2.24, 2.45) is 0 Å². The van der Waals surface area contributed by atoms with Gasteiger partial charge < -0.3 is 5.32 Å². The Hall–Kier alpha value is -3.20. The predicted octanol–water partition coefficient (Wildman–Crippen LogP) is 6.05. The first kappa shape index (κ1) is 21.0. The fourth-order valence-corrected chi connectivity index (χ4v) is 3.33. The van der Waals surface area contributed by atoms with E-state index in [0.29, 0.717) is 15.8 Å². The summed E-state index contributed by atoms with van der Waals surface area (Å²) in [5.74, 6) is -0.618. The number of nitrogens with one attached hydrogen (secondary N) is 1. The van der Waals surface area contributed by atoms with Gasteiger partial charge in [0, 0.05) is 21.8 Å². The van der Waals surface area contributed by atoms with Crippen LogP contribution in [0, 0.1) is 13.8 Å². The van der Waals surface area contributed by atoms with Crippen molar-refractivity contribution in [1.82, 2.24) is 14.6 Å². The molecule has 1 amide bonds. The summed E-state index contributed by atoms with van der Waals surface area (Å²) in [6.07, 6.45) is -4.68. The van der Waals surface area contributed by atoms with Gasteiger partial charge in [0.1, 0.15) is 0 Å². The second-order valence-corrected chi connectivity index (χ2v) is 8.00. The minimum atomic E-state index is -4.68. The number of rotatable bonds is 3. The topological polar surface area (TPSA) is 59.3 Å². The Balaban J connectivity index is 1.77. The van der Waals surface area contributed by atoms with Crippen molar-refractivity contribution in [3.63, 3.8) is 0 Å². The SMILES string of the molecule is Cc1ccc(NC(=O)c2cc3nc(-c4ccc(Br)cc4)cc(C(F)(F)F)n3n2)cc1C. The van der Waals surface area contributed by atoms with Crippen molar-refractivity contribution in [2.45, 2.75) is 20.0 Å². The van der Waals surface area contributed by atoms with Gasteiger partial charge in [0.15, 0.2) is 17.0 Å². The zero-order chi connectivity index (χ0) is 22.3. The number of halogens is 4. The first-order valence-corrected chi connectivity index (χ1v) is 10.0. The summed E-state index contributed by atoms with van der Waals surface area (Å²) in [5, 5.41) is 6.55. The van der Waals surface area contributed by atoms with E-state index in [9.17, 15) is 18.0 Å². The molecule has 0 saturated heterocycles. The van der Waals surface area contributed by atoms with E-state index < -0.39 is 17.8 Å². The molecule has 0 spiro atoms. The van der Waals surface area contributed by atoms with E-state index in [1.807, 2.05) is 19.9 Å². The number of carbonyl (C=O) groups excluding carboxylic acids is 1. The van der Waals surface area contributed by atoms with Crippen molar-refractivity contribution in [3.8, 4) is 11.3 Å². The fourth-order valence-electron chi connectivity index (χ4n) is 3.07. The molecule has 0 unspecified atom stereocenters. The highest BCUT2D eigenvalue weighted by atomic mass is 79.9. The van der Waals surface area contributed by atoms with Gasteiger partial charge in [-0.1, -0.05) is 34.1 Å². The lowest BCUT2D eigenvalue weighted by Gasteiger charge is -2.11. The number of hydrogen-bond donors (Lipinski definition) is 1. The standard InChI is InChI=1S/C22H16BrF3N4O/c1-12-3-8-16(9-13(12)2)27-21(31)18-11-20-28-17(14-4-6-15(23)7-5-14)10-19(22(24,25)26)30(20)29-18/h3-11H,1-2H3,(H,27,31). The maximum absolute atomic E-state index is 13.7. The Kier molecular flexibility index (Phi) is 5.30. The van der Waals surface area contributed by atoms with Crippen LogP contribution in [0.4, 0.5) is 18.9 Å². The molecule has 0 fully saturated rings. The molecule has 2 heterocycles. The molecule has 0 aliphatic carbocycles. The third-order valence-electron chi connectivity index (χ3n) is 4.86. The zero-order valence-electron chi connectivity index (χ0n) is 16.5. The lowest BCUT2D eigenvalue weighted by molar-refractivity contribution is -0.142. The monoisotopic (exact) mass is 488 g/mol. The minimum absolute atomic E-state index is 0.0713. The second kappa shape index (κ2) is 7.81. The van der Waals surface area contributed by atoms with Crippen molar-refractivity contribution < 1.29 is 18.0 Å². The average Bonchev–Trinajstić information content (AvgIpc) is 3.14. The Morgan fingerprint density at radius 2 is 1.71 bits per heavy atom. The third-order valence-corrected chi connectivity index (χ3v) is 5.38. The number of benzene rings is 2. The number of amides is 1. The van der Waals surface area contributed by atoms with E-state index in [4.69, 9.17) is 0 Å². The molecule has 4 rings (SSSR count). The Labute approximate surface area is 184 Å². The summed E-state index contributed by atoms with van der Waals surface area (Å²) in [7, 11) is 0. The molecular formula is C22H16BrF3N4O. The van der Waals surface area contributed by atoms with Crippen LogP contribution in [0.25, 0.3) is 16.9 Å². The van der Waals surface area contributed by atoms with Crippen LogP contribution in [-0.2, 0) is 6.18 Å². The van der Waals surface area contributed by atoms with Crippen LogP contribution in [0.1, 0.15) is 27.3 Å². The molecule has 0 atom stereocenters. The number of hydrogen-bond acceptors (Lipinski definition) is 3. The van der Waals surface area contributed by atoms with Crippen LogP contribution in [0.5, 0.6) is 0 Å². The molecule has 9 heteroatoms. The quantitative estimate of drug-likeness (QED) is 0.382. The highest BCUT2D eigenvalue weighted by Crippen LogP contribution is 2.32. The van der Waals surface area contributed by atoms with Crippen molar-refractivity contribution in [1.29, 1.82) is 0 Å². The van der Waals surface area contributed by atoms with Gasteiger partial charge >= 0.3 is 6.18 Å². The first-order chi connectivity index (χ1) is 14.6. The van der Waals surface area contributed by atoms with Crippen LogP contribution in [0.3, 0.4) is 0 Å². The molecule has 0 radical (unpaired) electrons. The first-order valence-electron chi connectivity index (χ1n) is 9.24. The predicted molar refractivity (Wildman–Crippen MR) is 115 cm³/mol.